The molecule has 3 aromatic carbocycles. The molecule has 0 bridgehead atoms. The van der Waals surface area contributed by atoms with Gasteiger partial charge in [-0.05, 0) is 42.0 Å². The summed E-state index contributed by atoms with van der Waals surface area (Å²) in [5.41, 5.74) is 2.45. The van der Waals surface area contributed by atoms with Crippen LogP contribution < -0.4 is 9.47 Å². The zero-order valence-corrected chi connectivity index (χ0v) is 17.6. The van der Waals surface area contributed by atoms with Gasteiger partial charge in [0.15, 0.2) is 11.5 Å². The lowest BCUT2D eigenvalue weighted by molar-refractivity contribution is -0.163. The van der Waals surface area contributed by atoms with E-state index in [1.54, 1.807) is 42.5 Å². The Labute approximate surface area is 185 Å². The summed E-state index contributed by atoms with van der Waals surface area (Å²) in [6.45, 7) is 0.187. The number of esters is 1. The van der Waals surface area contributed by atoms with Gasteiger partial charge in [-0.3, -0.25) is 4.79 Å². The third-order valence-corrected chi connectivity index (χ3v) is 4.47. The third-order valence-electron chi connectivity index (χ3n) is 4.47. The van der Waals surface area contributed by atoms with Gasteiger partial charge in [-0.2, -0.15) is 10.2 Å². The van der Waals surface area contributed by atoms with E-state index in [4.69, 9.17) is 18.9 Å². The highest BCUT2D eigenvalue weighted by molar-refractivity contribution is 5.78. The Bertz CT molecular complexity index is 1070. The molecule has 3 aromatic rings. The Morgan fingerprint density at radius 1 is 0.875 bits per heavy atom. The summed E-state index contributed by atoms with van der Waals surface area (Å²) in [5, 5.41) is 8.29. The van der Waals surface area contributed by atoms with E-state index in [2.05, 4.69) is 10.2 Å². The smallest absolute Gasteiger partial charge is 0.352 e. The second-order valence-corrected chi connectivity index (χ2v) is 6.54. The van der Waals surface area contributed by atoms with E-state index in [1.165, 1.54) is 14.2 Å². The Kier molecular flexibility index (Phi) is 7.91. The monoisotopic (exact) mass is 434 g/mol. The Hall–Kier alpha value is -4.20. The normalized spacial score (nSPS) is 11.6. The van der Waals surface area contributed by atoms with Crippen molar-refractivity contribution in [3.63, 3.8) is 0 Å². The topological polar surface area (TPSA) is 95.8 Å². The molecule has 32 heavy (non-hydrogen) atoms. The minimum atomic E-state index is -1.20. The van der Waals surface area contributed by atoms with Crippen LogP contribution in [0.25, 0.3) is 0 Å². The molecule has 8 heteroatoms. The number of ether oxygens (including phenoxy) is 4. The molecule has 0 aromatic heterocycles. The lowest BCUT2D eigenvalue weighted by atomic mass is 10.1. The molecular weight excluding hydrogens is 412 g/mol. The molecule has 0 aliphatic rings. The first-order chi connectivity index (χ1) is 15.6. The first-order valence-electron chi connectivity index (χ1n) is 9.68. The van der Waals surface area contributed by atoms with Gasteiger partial charge in [0.2, 0.25) is 6.10 Å². The molecule has 164 valence electrons. The maximum atomic E-state index is 12.6. The average Bonchev–Trinajstić information content (AvgIpc) is 2.85. The lowest BCUT2D eigenvalue weighted by Gasteiger charge is -2.15. The molecule has 0 saturated heterocycles. The highest BCUT2D eigenvalue weighted by atomic mass is 16.6. The van der Waals surface area contributed by atoms with Gasteiger partial charge in [0, 0.05) is 5.56 Å². The molecule has 0 fully saturated rings. The van der Waals surface area contributed by atoms with Crippen LogP contribution in [-0.4, -0.2) is 26.7 Å². The zero-order valence-electron chi connectivity index (χ0n) is 17.6. The molecular formula is C24H22N2O6. The van der Waals surface area contributed by atoms with E-state index in [0.717, 1.165) is 5.69 Å². The predicted octanol–water partition coefficient (Wildman–Crippen LogP) is 5.08. The fourth-order valence-corrected chi connectivity index (χ4v) is 2.85. The largest absolute Gasteiger partial charge is 0.493 e. The van der Waals surface area contributed by atoms with Crippen molar-refractivity contribution >= 4 is 23.8 Å². The molecule has 0 spiro atoms. The van der Waals surface area contributed by atoms with Crippen molar-refractivity contribution in [2.75, 3.05) is 14.2 Å². The standard InChI is InChI=1S/C24H22N2O6/c1-29-21-13-8-17(14-22(21)30-2)15-31-24(28)23(32-16-27)18-9-11-20(12-10-18)26-25-19-6-4-3-5-7-19/h3-14,16,23H,15H2,1-2H3. The summed E-state index contributed by atoms with van der Waals surface area (Å²) < 4.78 is 20.8. The number of benzene rings is 3. The van der Waals surface area contributed by atoms with Crippen LogP contribution in [0, 0.1) is 0 Å². The van der Waals surface area contributed by atoms with Gasteiger partial charge in [-0.25, -0.2) is 4.79 Å². The molecule has 0 saturated carbocycles. The molecule has 0 heterocycles. The van der Waals surface area contributed by atoms with Gasteiger partial charge in [0.05, 0.1) is 25.6 Å². The van der Waals surface area contributed by atoms with Crippen molar-refractivity contribution in [3.8, 4) is 11.5 Å². The van der Waals surface area contributed by atoms with Crippen LogP contribution in [0.3, 0.4) is 0 Å². The first-order valence-corrected chi connectivity index (χ1v) is 9.68. The molecule has 0 N–H and O–H groups in total. The maximum Gasteiger partial charge on any atom is 0.352 e. The van der Waals surface area contributed by atoms with Crippen molar-refractivity contribution in [2.24, 2.45) is 10.2 Å². The summed E-state index contributed by atoms with van der Waals surface area (Å²) >= 11 is 0. The van der Waals surface area contributed by atoms with Crippen LogP contribution in [0.1, 0.15) is 17.2 Å². The van der Waals surface area contributed by atoms with Gasteiger partial charge in [0.25, 0.3) is 6.47 Å². The number of nitrogens with zero attached hydrogens (tertiary/aromatic N) is 2. The summed E-state index contributed by atoms with van der Waals surface area (Å²) in [7, 11) is 3.05. The van der Waals surface area contributed by atoms with E-state index in [-0.39, 0.29) is 13.1 Å². The number of carbonyl (C=O) groups excluding carboxylic acids is 2. The van der Waals surface area contributed by atoms with Crippen LogP contribution in [0.5, 0.6) is 11.5 Å². The molecule has 8 nitrogen and oxygen atoms in total. The Morgan fingerprint density at radius 3 is 2.16 bits per heavy atom. The second-order valence-electron chi connectivity index (χ2n) is 6.54. The van der Waals surface area contributed by atoms with Crippen LogP contribution in [0.2, 0.25) is 0 Å². The van der Waals surface area contributed by atoms with Crippen molar-refractivity contribution in [1.29, 1.82) is 0 Å². The van der Waals surface area contributed by atoms with Crippen molar-refractivity contribution in [3.05, 3.63) is 83.9 Å². The molecule has 1 atom stereocenters. The van der Waals surface area contributed by atoms with Gasteiger partial charge < -0.3 is 18.9 Å². The third kappa shape index (κ3) is 5.91. The highest BCUT2D eigenvalue weighted by Crippen LogP contribution is 2.28. The number of carbonyl (C=O) groups is 2. The van der Waals surface area contributed by atoms with E-state index >= 15 is 0 Å². The quantitative estimate of drug-likeness (QED) is 0.251. The van der Waals surface area contributed by atoms with E-state index < -0.39 is 12.1 Å². The maximum absolute atomic E-state index is 12.6. The predicted molar refractivity (Wildman–Crippen MR) is 116 cm³/mol. The Morgan fingerprint density at radius 2 is 1.53 bits per heavy atom. The molecule has 0 radical (unpaired) electrons. The van der Waals surface area contributed by atoms with Gasteiger partial charge in [-0.15, -0.1) is 0 Å². The molecule has 0 aliphatic carbocycles. The first kappa shape index (κ1) is 22.5. The SMILES string of the molecule is COc1ccc(COC(=O)C(OC=O)c2ccc(N=Nc3ccccc3)cc2)cc1OC. The van der Waals surface area contributed by atoms with Crippen molar-refractivity contribution in [1.82, 2.24) is 0 Å². The zero-order chi connectivity index (χ0) is 22.8. The number of hydrogen-bond acceptors (Lipinski definition) is 8. The number of hydrogen-bond donors (Lipinski definition) is 0. The second kappa shape index (κ2) is 11.3. The molecule has 1 unspecified atom stereocenters. The summed E-state index contributed by atoms with van der Waals surface area (Å²) in [4.78, 5) is 23.5. The van der Waals surface area contributed by atoms with Gasteiger partial charge in [-0.1, -0.05) is 36.4 Å². The number of azo groups is 1. The minimum absolute atomic E-state index is 0.0265. The van der Waals surface area contributed by atoms with Crippen molar-refractivity contribution < 1.29 is 28.5 Å². The van der Waals surface area contributed by atoms with E-state index in [9.17, 15) is 9.59 Å². The van der Waals surface area contributed by atoms with Crippen LogP contribution in [-0.2, 0) is 25.7 Å². The van der Waals surface area contributed by atoms with Crippen LogP contribution >= 0.6 is 0 Å². The summed E-state index contributed by atoms with van der Waals surface area (Å²) in [5.74, 6) is 0.377. The van der Waals surface area contributed by atoms with Crippen molar-refractivity contribution in [2.45, 2.75) is 12.7 Å². The van der Waals surface area contributed by atoms with Crippen LogP contribution in [0.4, 0.5) is 11.4 Å². The highest BCUT2D eigenvalue weighted by Gasteiger charge is 2.24. The molecule has 3 rings (SSSR count). The summed E-state index contributed by atoms with van der Waals surface area (Å²) in [6.07, 6.45) is -1.20. The van der Waals surface area contributed by atoms with Gasteiger partial charge in [0.1, 0.15) is 6.61 Å². The summed E-state index contributed by atoms with van der Waals surface area (Å²) in [6, 6.07) is 21.1. The lowest BCUT2D eigenvalue weighted by Crippen LogP contribution is -2.18. The number of methoxy groups -OCH3 is 2. The van der Waals surface area contributed by atoms with E-state index in [0.29, 0.717) is 28.3 Å². The Balaban J connectivity index is 1.67. The minimum Gasteiger partial charge on any atom is -0.493 e. The fraction of sp³-hybridized carbons (Fsp3) is 0.167. The van der Waals surface area contributed by atoms with E-state index in [1.807, 2.05) is 30.3 Å². The van der Waals surface area contributed by atoms with Gasteiger partial charge >= 0.3 is 5.97 Å². The fourth-order valence-electron chi connectivity index (χ4n) is 2.85. The average molecular weight is 434 g/mol. The molecule has 0 aliphatic heterocycles. The van der Waals surface area contributed by atoms with Crippen LogP contribution in [0.15, 0.2) is 83.0 Å². The number of rotatable bonds is 10. The molecule has 0 amide bonds.